The summed E-state index contributed by atoms with van der Waals surface area (Å²) < 4.78 is 40.0. The number of amides is 2. The second-order valence-corrected chi connectivity index (χ2v) is 13.2. The van der Waals surface area contributed by atoms with Crippen LogP contribution in [0.1, 0.15) is 44.6 Å². The predicted molar refractivity (Wildman–Crippen MR) is 172 cm³/mol. The molecule has 0 aliphatic heterocycles. The Labute approximate surface area is 269 Å². The van der Waals surface area contributed by atoms with Crippen molar-refractivity contribution in [2.45, 2.75) is 62.6 Å². The lowest BCUT2D eigenvalue weighted by Gasteiger charge is -2.34. The first-order valence-corrected chi connectivity index (χ1v) is 16.6. The van der Waals surface area contributed by atoms with E-state index in [1.54, 1.807) is 49.4 Å². The van der Waals surface area contributed by atoms with Crippen LogP contribution >= 0.6 is 23.2 Å². The summed E-state index contributed by atoms with van der Waals surface area (Å²) in [5, 5.41) is 3.74. The SMILES string of the molecule is CC[C@@H](C(=O)NC1CCCC1)N(Cc1c(Cl)cccc1Cl)C(=O)CN(c1ccccc1OC)S(=O)(=O)c1ccc(OC)cc1. The number of methoxy groups -OCH3 is 2. The van der Waals surface area contributed by atoms with E-state index >= 15 is 0 Å². The van der Waals surface area contributed by atoms with Gasteiger partial charge in [0.2, 0.25) is 11.8 Å². The normalized spacial score (nSPS) is 14.1. The predicted octanol–water partition coefficient (Wildman–Crippen LogP) is 6.07. The lowest BCUT2D eigenvalue weighted by atomic mass is 10.1. The molecule has 0 bridgehead atoms. The van der Waals surface area contributed by atoms with E-state index in [0.717, 1.165) is 30.0 Å². The Morgan fingerprint density at radius 3 is 2.16 bits per heavy atom. The maximum absolute atomic E-state index is 14.4. The van der Waals surface area contributed by atoms with Crippen molar-refractivity contribution in [3.05, 3.63) is 82.3 Å². The van der Waals surface area contributed by atoms with Crippen LogP contribution in [0.4, 0.5) is 5.69 Å². The highest BCUT2D eigenvalue weighted by molar-refractivity contribution is 7.92. The van der Waals surface area contributed by atoms with Crippen LogP contribution in [-0.4, -0.2) is 58.0 Å². The van der Waals surface area contributed by atoms with Gasteiger partial charge < -0.3 is 19.7 Å². The Morgan fingerprint density at radius 2 is 1.57 bits per heavy atom. The van der Waals surface area contributed by atoms with Gasteiger partial charge in [-0.25, -0.2) is 8.42 Å². The number of benzene rings is 3. The van der Waals surface area contributed by atoms with E-state index in [4.69, 9.17) is 32.7 Å². The number of rotatable bonds is 13. The number of nitrogens with zero attached hydrogens (tertiary/aromatic N) is 2. The van der Waals surface area contributed by atoms with Gasteiger partial charge in [-0.3, -0.25) is 13.9 Å². The average molecular weight is 663 g/mol. The van der Waals surface area contributed by atoms with Gasteiger partial charge in [0, 0.05) is 28.2 Å². The average Bonchev–Trinajstić information content (AvgIpc) is 3.54. The highest BCUT2D eigenvalue weighted by atomic mass is 35.5. The van der Waals surface area contributed by atoms with Crippen molar-refractivity contribution >= 4 is 50.7 Å². The quantitative estimate of drug-likeness (QED) is 0.238. The second-order valence-electron chi connectivity index (χ2n) is 10.5. The van der Waals surface area contributed by atoms with Gasteiger partial charge in [-0.05, 0) is 67.8 Å². The number of ether oxygens (including phenoxy) is 2. The molecule has 3 aromatic carbocycles. The van der Waals surface area contributed by atoms with E-state index in [2.05, 4.69) is 5.32 Å². The van der Waals surface area contributed by atoms with Crippen molar-refractivity contribution in [2.24, 2.45) is 0 Å². The van der Waals surface area contributed by atoms with Crippen molar-refractivity contribution in [1.29, 1.82) is 0 Å². The molecule has 0 aromatic heterocycles. The number of hydrogen-bond donors (Lipinski definition) is 1. The minimum atomic E-state index is -4.30. The molecule has 1 N–H and O–H groups in total. The molecule has 0 saturated heterocycles. The Bertz CT molecular complexity index is 1540. The molecule has 1 atom stereocenters. The van der Waals surface area contributed by atoms with Crippen LogP contribution in [0.2, 0.25) is 10.0 Å². The number of hydrogen-bond acceptors (Lipinski definition) is 6. The van der Waals surface area contributed by atoms with Crippen molar-refractivity contribution in [2.75, 3.05) is 25.1 Å². The minimum absolute atomic E-state index is 0.0259. The molecule has 9 nitrogen and oxygen atoms in total. The van der Waals surface area contributed by atoms with Crippen LogP contribution < -0.4 is 19.1 Å². The topological polar surface area (TPSA) is 105 Å². The van der Waals surface area contributed by atoms with Crippen LogP contribution in [0.25, 0.3) is 0 Å². The van der Waals surface area contributed by atoms with Gasteiger partial charge in [-0.15, -0.1) is 0 Å². The Kier molecular flexibility index (Phi) is 11.4. The summed E-state index contributed by atoms with van der Waals surface area (Å²) in [4.78, 5) is 29.3. The van der Waals surface area contributed by atoms with Crippen molar-refractivity contribution in [3.8, 4) is 11.5 Å². The van der Waals surface area contributed by atoms with E-state index in [0.29, 0.717) is 21.4 Å². The van der Waals surface area contributed by atoms with Crippen molar-refractivity contribution in [3.63, 3.8) is 0 Å². The first-order valence-electron chi connectivity index (χ1n) is 14.4. The molecule has 0 heterocycles. The molecule has 236 valence electrons. The summed E-state index contributed by atoms with van der Waals surface area (Å²) in [5.41, 5.74) is 0.622. The van der Waals surface area contributed by atoms with E-state index in [-0.39, 0.29) is 41.2 Å². The van der Waals surface area contributed by atoms with Gasteiger partial charge in [0.25, 0.3) is 10.0 Å². The van der Waals surface area contributed by atoms with Gasteiger partial charge in [-0.2, -0.15) is 0 Å². The molecule has 3 aromatic rings. The molecule has 1 aliphatic carbocycles. The fourth-order valence-corrected chi connectivity index (χ4v) is 7.31. The van der Waals surface area contributed by atoms with Crippen LogP contribution in [0, 0.1) is 0 Å². The first kappa shape index (κ1) is 33.4. The number of halogens is 2. The van der Waals surface area contributed by atoms with Crippen LogP contribution in [-0.2, 0) is 26.2 Å². The summed E-state index contributed by atoms with van der Waals surface area (Å²) in [6.07, 6.45) is 4.07. The maximum Gasteiger partial charge on any atom is 0.264 e. The number of carbonyl (C=O) groups excluding carboxylic acids is 2. The summed E-state index contributed by atoms with van der Waals surface area (Å²) >= 11 is 13.0. The third kappa shape index (κ3) is 7.60. The number of nitrogens with one attached hydrogen (secondary N) is 1. The Morgan fingerprint density at radius 1 is 0.932 bits per heavy atom. The van der Waals surface area contributed by atoms with Gasteiger partial charge in [-0.1, -0.05) is 61.2 Å². The summed E-state index contributed by atoms with van der Waals surface area (Å²) in [6, 6.07) is 16.5. The molecule has 2 amide bonds. The minimum Gasteiger partial charge on any atom is -0.497 e. The maximum atomic E-state index is 14.4. The number of anilines is 1. The summed E-state index contributed by atoms with van der Waals surface area (Å²) in [5.74, 6) is -0.190. The highest BCUT2D eigenvalue weighted by Crippen LogP contribution is 2.34. The number of carbonyl (C=O) groups is 2. The standard InChI is InChI=1S/C32H37Cl2N3O6S/c1-4-28(32(39)35-22-10-5-6-11-22)36(20-25-26(33)12-9-13-27(25)34)31(38)21-37(29-14-7-8-15-30(29)43-3)44(40,41)24-18-16-23(42-2)17-19-24/h7-9,12-19,22,28H,4-6,10-11,20-21H2,1-3H3,(H,35,39)/t28-/m0/s1. The largest absolute Gasteiger partial charge is 0.497 e. The zero-order chi connectivity index (χ0) is 31.9. The molecule has 0 radical (unpaired) electrons. The third-order valence-electron chi connectivity index (χ3n) is 7.76. The van der Waals surface area contributed by atoms with E-state index in [1.165, 1.54) is 43.4 Å². The molecule has 1 fully saturated rings. The zero-order valence-corrected chi connectivity index (χ0v) is 27.3. The molecule has 4 rings (SSSR count). The van der Waals surface area contributed by atoms with Crippen molar-refractivity contribution < 1.29 is 27.5 Å². The monoisotopic (exact) mass is 661 g/mol. The van der Waals surface area contributed by atoms with Crippen LogP contribution in [0.15, 0.2) is 71.6 Å². The number of para-hydroxylation sites is 2. The summed E-state index contributed by atoms with van der Waals surface area (Å²) in [6.45, 7) is 1.08. The fourth-order valence-electron chi connectivity index (χ4n) is 5.36. The molecule has 44 heavy (non-hydrogen) atoms. The molecular weight excluding hydrogens is 625 g/mol. The molecule has 12 heteroatoms. The van der Waals surface area contributed by atoms with Gasteiger partial charge in [0.15, 0.2) is 0 Å². The van der Waals surface area contributed by atoms with Gasteiger partial charge >= 0.3 is 0 Å². The smallest absolute Gasteiger partial charge is 0.264 e. The summed E-state index contributed by atoms with van der Waals surface area (Å²) in [7, 11) is -1.40. The molecule has 0 unspecified atom stereocenters. The zero-order valence-electron chi connectivity index (χ0n) is 25.0. The van der Waals surface area contributed by atoms with Crippen LogP contribution in [0.5, 0.6) is 11.5 Å². The number of sulfonamides is 1. The Balaban J connectivity index is 1.77. The van der Waals surface area contributed by atoms with E-state index < -0.39 is 28.5 Å². The first-order chi connectivity index (χ1) is 21.1. The molecule has 1 saturated carbocycles. The van der Waals surface area contributed by atoms with Crippen molar-refractivity contribution in [1.82, 2.24) is 10.2 Å². The highest BCUT2D eigenvalue weighted by Gasteiger charge is 2.36. The lowest BCUT2D eigenvalue weighted by Crippen LogP contribution is -2.53. The lowest BCUT2D eigenvalue weighted by molar-refractivity contribution is -0.140. The third-order valence-corrected chi connectivity index (χ3v) is 10.2. The van der Waals surface area contributed by atoms with Gasteiger partial charge in [0.1, 0.15) is 24.1 Å². The van der Waals surface area contributed by atoms with Crippen LogP contribution in [0.3, 0.4) is 0 Å². The van der Waals surface area contributed by atoms with Gasteiger partial charge in [0.05, 0.1) is 24.8 Å². The molecule has 1 aliphatic rings. The molecule has 0 spiro atoms. The second kappa shape index (κ2) is 15.0. The molecular formula is C32H37Cl2N3O6S. The Hall–Kier alpha value is -3.47. The van der Waals surface area contributed by atoms with E-state index in [9.17, 15) is 18.0 Å². The fraction of sp³-hybridized carbons (Fsp3) is 0.375. The van der Waals surface area contributed by atoms with E-state index in [1.807, 2.05) is 0 Å².